The fourth-order valence-corrected chi connectivity index (χ4v) is 3.40. The topological polar surface area (TPSA) is 42.7 Å². The second-order valence-electron chi connectivity index (χ2n) is 6.42. The van der Waals surface area contributed by atoms with E-state index in [9.17, 15) is 0 Å². The predicted molar refractivity (Wildman–Crippen MR) is 92.9 cm³/mol. The Labute approximate surface area is 141 Å². The lowest BCUT2D eigenvalue weighted by Gasteiger charge is -2.32. The quantitative estimate of drug-likeness (QED) is 0.724. The average Bonchev–Trinajstić information content (AvgIpc) is 3.04. The minimum absolute atomic E-state index is 0.583. The SMILES string of the molecule is c1ccc(OCC2CCCN(Cc3cnc4cnccn34)C2)cc1. The van der Waals surface area contributed by atoms with Gasteiger partial charge in [-0.3, -0.25) is 14.3 Å². The van der Waals surface area contributed by atoms with Crippen LogP contribution < -0.4 is 4.74 Å². The van der Waals surface area contributed by atoms with Crippen LogP contribution in [0.5, 0.6) is 5.75 Å². The first-order valence-electron chi connectivity index (χ1n) is 8.54. The monoisotopic (exact) mass is 322 g/mol. The van der Waals surface area contributed by atoms with Crippen molar-refractivity contribution < 1.29 is 4.74 Å². The van der Waals surface area contributed by atoms with E-state index in [1.54, 1.807) is 6.20 Å². The van der Waals surface area contributed by atoms with Gasteiger partial charge >= 0.3 is 0 Å². The van der Waals surface area contributed by atoms with Crippen molar-refractivity contribution >= 4 is 5.65 Å². The minimum atomic E-state index is 0.583. The van der Waals surface area contributed by atoms with E-state index in [0.717, 1.165) is 37.6 Å². The third-order valence-electron chi connectivity index (χ3n) is 4.61. The summed E-state index contributed by atoms with van der Waals surface area (Å²) in [6.45, 7) is 3.93. The normalized spacial score (nSPS) is 18.8. The molecule has 0 amide bonds. The van der Waals surface area contributed by atoms with Crippen LogP contribution in [-0.4, -0.2) is 39.0 Å². The van der Waals surface area contributed by atoms with Crippen LogP contribution >= 0.6 is 0 Å². The van der Waals surface area contributed by atoms with Crippen molar-refractivity contribution in [3.8, 4) is 5.75 Å². The molecule has 1 atom stereocenters. The Morgan fingerprint density at radius 1 is 1.17 bits per heavy atom. The number of likely N-dealkylation sites (tertiary alicyclic amines) is 1. The Balaban J connectivity index is 1.36. The minimum Gasteiger partial charge on any atom is -0.493 e. The molecule has 1 aromatic carbocycles. The first-order valence-corrected chi connectivity index (χ1v) is 8.54. The standard InChI is InChI=1S/C19H22N4O/c1-2-6-18(7-3-1)24-15-16-5-4-9-22(13-16)14-17-11-21-19-12-20-8-10-23(17)19/h1-3,6-8,10-12,16H,4-5,9,13-15H2. The summed E-state index contributed by atoms with van der Waals surface area (Å²) in [6.07, 6.45) is 10.0. The Morgan fingerprint density at radius 3 is 3.00 bits per heavy atom. The highest BCUT2D eigenvalue weighted by Crippen LogP contribution is 2.20. The fraction of sp³-hybridized carbons (Fsp3) is 0.368. The van der Waals surface area contributed by atoms with E-state index in [4.69, 9.17) is 4.74 Å². The van der Waals surface area contributed by atoms with E-state index in [2.05, 4.69) is 19.3 Å². The van der Waals surface area contributed by atoms with Crippen molar-refractivity contribution in [2.75, 3.05) is 19.7 Å². The summed E-state index contributed by atoms with van der Waals surface area (Å²) in [5.74, 6) is 1.55. The van der Waals surface area contributed by atoms with Gasteiger partial charge in [0.15, 0.2) is 5.65 Å². The summed E-state index contributed by atoms with van der Waals surface area (Å²) in [6, 6.07) is 10.1. The van der Waals surface area contributed by atoms with Gasteiger partial charge in [-0.15, -0.1) is 0 Å². The first kappa shape index (κ1) is 15.1. The van der Waals surface area contributed by atoms with Crippen LogP contribution in [0.1, 0.15) is 18.5 Å². The Hall–Kier alpha value is -2.40. The molecule has 0 spiro atoms. The van der Waals surface area contributed by atoms with Crippen molar-refractivity contribution in [2.24, 2.45) is 5.92 Å². The molecule has 0 bridgehead atoms. The Morgan fingerprint density at radius 2 is 2.08 bits per heavy atom. The molecule has 124 valence electrons. The molecular weight excluding hydrogens is 300 g/mol. The summed E-state index contributed by atoms with van der Waals surface area (Å²) < 4.78 is 8.07. The van der Waals surface area contributed by atoms with Crippen LogP contribution in [0.3, 0.4) is 0 Å². The Kier molecular flexibility index (Phi) is 4.42. The van der Waals surface area contributed by atoms with E-state index in [1.807, 2.05) is 48.9 Å². The fourth-order valence-electron chi connectivity index (χ4n) is 3.40. The summed E-state index contributed by atoms with van der Waals surface area (Å²) >= 11 is 0. The van der Waals surface area contributed by atoms with Gasteiger partial charge in [0.25, 0.3) is 0 Å². The molecule has 1 saturated heterocycles. The van der Waals surface area contributed by atoms with Gasteiger partial charge in [-0.1, -0.05) is 18.2 Å². The first-order chi connectivity index (χ1) is 11.9. The van der Waals surface area contributed by atoms with Crippen LogP contribution in [0.25, 0.3) is 5.65 Å². The third kappa shape index (κ3) is 3.41. The van der Waals surface area contributed by atoms with Gasteiger partial charge in [-0.05, 0) is 31.5 Å². The van der Waals surface area contributed by atoms with Crippen molar-refractivity contribution in [1.82, 2.24) is 19.3 Å². The third-order valence-corrected chi connectivity index (χ3v) is 4.61. The molecule has 4 rings (SSSR count). The average molecular weight is 322 g/mol. The number of benzene rings is 1. The number of rotatable bonds is 5. The number of aromatic nitrogens is 3. The van der Waals surface area contributed by atoms with Gasteiger partial charge in [0, 0.05) is 31.4 Å². The molecular formula is C19H22N4O. The predicted octanol–water partition coefficient (Wildman–Crippen LogP) is 3.02. The molecule has 5 heteroatoms. The molecule has 1 fully saturated rings. The molecule has 0 N–H and O–H groups in total. The van der Waals surface area contributed by atoms with E-state index in [-0.39, 0.29) is 0 Å². The van der Waals surface area contributed by atoms with E-state index in [0.29, 0.717) is 5.92 Å². The number of fused-ring (bicyclic) bond motifs is 1. The zero-order chi connectivity index (χ0) is 16.2. The molecule has 1 unspecified atom stereocenters. The molecule has 3 heterocycles. The molecule has 24 heavy (non-hydrogen) atoms. The van der Waals surface area contributed by atoms with Gasteiger partial charge in [-0.2, -0.15) is 0 Å². The summed E-state index contributed by atoms with van der Waals surface area (Å²) in [7, 11) is 0. The number of imidazole rings is 1. The summed E-state index contributed by atoms with van der Waals surface area (Å²) in [5, 5.41) is 0. The maximum Gasteiger partial charge on any atom is 0.155 e. The largest absolute Gasteiger partial charge is 0.493 e. The van der Waals surface area contributed by atoms with Crippen LogP contribution in [0.4, 0.5) is 0 Å². The van der Waals surface area contributed by atoms with Gasteiger partial charge in [-0.25, -0.2) is 4.98 Å². The number of hydrogen-bond donors (Lipinski definition) is 0. The molecule has 1 aliphatic heterocycles. The second kappa shape index (κ2) is 7.01. The number of ether oxygens (including phenoxy) is 1. The maximum absolute atomic E-state index is 5.95. The smallest absolute Gasteiger partial charge is 0.155 e. The highest BCUT2D eigenvalue weighted by atomic mass is 16.5. The number of para-hydroxylation sites is 1. The molecule has 2 aromatic heterocycles. The second-order valence-corrected chi connectivity index (χ2v) is 6.42. The van der Waals surface area contributed by atoms with E-state index >= 15 is 0 Å². The number of nitrogens with zero attached hydrogens (tertiary/aromatic N) is 4. The zero-order valence-corrected chi connectivity index (χ0v) is 13.7. The van der Waals surface area contributed by atoms with Crippen molar-refractivity contribution in [3.63, 3.8) is 0 Å². The molecule has 0 radical (unpaired) electrons. The lowest BCUT2D eigenvalue weighted by Crippen LogP contribution is -2.37. The van der Waals surface area contributed by atoms with Crippen LogP contribution in [0.15, 0.2) is 55.1 Å². The number of hydrogen-bond acceptors (Lipinski definition) is 4. The van der Waals surface area contributed by atoms with Crippen LogP contribution in [-0.2, 0) is 6.54 Å². The van der Waals surface area contributed by atoms with Gasteiger partial charge in [0.1, 0.15) is 5.75 Å². The molecule has 0 aliphatic carbocycles. The van der Waals surface area contributed by atoms with Crippen molar-refractivity contribution in [3.05, 3.63) is 60.8 Å². The lowest BCUT2D eigenvalue weighted by atomic mass is 9.99. The van der Waals surface area contributed by atoms with Gasteiger partial charge in [0.05, 0.1) is 24.7 Å². The van der Waals surface area contributed by atoms with E-state index < -0.39 is 0 Å². The number of piperidine rings is 1. The lowest BCUT2D eigenvalue weighted by molar-refractivity contribution is 0.124. The van der Waals surface area contributed by atoms with Crippen molar-refractivity contribution in [1.29, 1.82) is 0 Å². The Bertz CT molecular complexity index is 786. The highest BCUT2D eigenvalue weighted by Gasteiger charge is 2.21. The van der Waals surface area contributed by atoms with Crippen LogP contribution in [0.2, 0.25) is 0 Å². The van der Waals surface area contributed by atoms with Gasteiger partial charge in [0.2, 0.25) is 0 Å². The molecule has 1 aliphatic rings. The molecule has 5 nitrogen and oxygen atoms in total. The highest BCUT2D eigenvalue weighted by molar-refractivity contribution is 5.36. The van der Waals surface area contributed by atoms with Gasteiger partial charge < -0.3 is 4.74 Å². The summed E-state index contributed by atoms with van der Waals surface area (Å²) in [5.41, 5.74) is 2.13. The van der Waals surface area contributed by atoms with Crippen molar-refractivity contribution in [2.45, 2.75) is 19.4 Å². The van der Waals surface area contributed by atoms with E-state index in [1.165, 1.54) is 18.5 Å². The maximum atomic E-state index is 5.95. The summed E-state index contributed by atoms with van der Waals surface area (Å²) in [4.78, 5) is 11.1. The van der Waals surface area contributed by atoms with Crippen LogP contribution in [0, 0.1) is 5.92 Å². The molecule has 0 saturated carbocycles. The zero-order valence-electron chi connectivity index (χ0n) is 13.7. The molecule has 3 aromatic rings.